The molecule has 1 N–H and O–H groups in total. The smallest absolute Gasteiger partial charge is 0.127 e. The van der Waals surface area contributed by atoms with E-state index in [-0.39, 0.29) is 11.9 Å². The molecule has 1 unspecified atom stereocenters. The number of nitrogens with one attached hydrogen (secondary N) is 1. The van der Waals surface area contributed by atoms with E-state index in [1.165, 1.54) is 12.5 Å². The summed E-state index contributed by atoms with van der Waals surface area (Å²) in [4.78, 5) is 4.69. The maximum Gasteiger partial charge on any atom is 0.127 e. The number of benzene rings is 1. The average Bonchev–Trinajstić information content (AvgIpc) is 2.94. The second-order valence-corrected chi connectivity index (χ2v) is 5.22. The fourth-order valence-corrected chi connectivity index (χ4v) is 2.78. The molecule has 0 spiro atoms. The standard InChI is InChI=1S/C14H18FN3/c1-9(2)18-13-8-10(15)5-6-11(13)17-14(18)12-4-3-7-16-12/h5-6,8-9,12,16H,3-4,7H2,1-2H3. The number of nitrogens with zero attached hydrogens (tertiary/aromatic N) is 2. The van der Waals surface area contributed by atoms with E-state index in [0.717, 1.165) is 29.8 Å². The molecule has 96 valence electrons. The normalized spacial score (nSPS) is 20.1. The maximum absolute atomic E-state index is 13.4. The molecule has 0 saturated carbocycles. The van der Waals surface area contributed by atoms with Crippen LogP contribution in [0.4, 0.5) is 4.39 Å². The Kier molecular flexibility index (Phi) is 2.82. The van der Waals surface area contributed by atoms with Crippen molar-refractivity contribution in [2.24, 2.45) is 0 Å². The molecule has 1 fully saturated rings. The first-order chi connectivity index (χ1) is 8.66. The molecule has 1 aromatic carbocycles. The van der Waals surface area contributed by atoms with Gasteiger partial charge in [-0.25, -0.2) is 9.37 Å². The molecule has 1 aromatic heterocycles. The summed E-state index contributed by atoms with van der Waals surface area (Å²) in [7, 11) is 0. The van der Waals surface area contributed by atoms with Gasteiger partial charge < -0.3 is 9.88 Å². The van der Waals surface area contributed by atoms with Crippen molar-refractivity contribution in [3.8, 4) is 0 Å². The molecule has 18 heavy (non-hydrogen) atoms. The van der Waals surface area contributed by atoms with Gasteiger partial charge in [0.25, 0.3) is 0 Å². The van der Waals surface area contributed by atoms with E-state index >= 15 is 0 Å². The molecule has 1 saturated heterocycles. The molecule has 3 nitrogen and oxygen atoms in total. The van der Waals surface area contributed by atoms with Crippen molar-refractivity contribution < 1.29 is 4.39 Å². The van der Waals surface area contributed by atoms with E-state index in [2.05, 4.69) is 23.7 Å². The second kappa shape index (κ2) is 4.35. The van der Waals surface area contributed by atoms with Crippen molar-refractivity contribution in [1.82, 2.24) is 14.9 Å². The average molecular weight is 247 g/mol. The van der Waals surface area contributed by atoms with Crippen LogP contribution in [0.2, 0.25) is 0 Å². The van der Waals surface area contributed by atoms with Gasteiger partial charge >= 0.3 is 0 Å². The van der Waals surface area contributed by atoms with E-state index in [1.807, 2.05) is 0 Å². The number of hydrogen-bond donors (Lipinski definition) is 1. The van der Waals surface area contributed by atoms with Gasteiger partial charge in [-0.3, -0.25) is 0 Å². The van der Waals surface area contributed by atoms with Gasteiger partial charge in [0.1, 0.15) is 11.6 Å². The summed E-state index contributed by atoms with van der Waals surface area (Å²) in [6, 6.07) is 5.42. The number of rotatable bonds is 2. The first kappa shape index (κ1) is 11.7. The number of imidazole rings is 1. The first-order valence-corrected chi connectivity index (χ1v) is 6.57. The summed E-state index contributed by atoms with van der Waals surface area (Å²) in [6.07, 6.45) is 2.29. The summed E-state index contributed by atoms with van der Waals surface area (Å²) < 4.78 is 15.6. The molecule has 1 aliphatic rings. The minimum absolute atomic E-state index is 0.199. The van der Waals surface area contributed by atoms with Gasteiger partial charge in [-0.1, -0.05) is 0 Å². The number of aromatic nitrogens is 2. The summed E-state index contributed by atoms with van der Waals surface area (Å²) in [5.74, 6) is 0.846. The minimum Gasteiger partial charge on any atom is -0.324 e. The van der Waals surface area contributed by atoms with E-state index in [0.29, 0.717) is 6.04 Å². The Hall–Kier alpha value is -1.42. The zero-order valence-electron chi connectivity index (χ0n) is 10.8. The van der Waals surface area contributed by atoms with Crippen molar-refractivity contribution in [3.63, 3.8) is 0 Å². The highest BCUT2D eigenvalue weighted by Crippen LogP contribution is 2.29. The molecule has 2 heterocycles. The molecule has 0 aliphatic carbocycles. The van der Waals surface area contributed by atoms with Crippen LogP contribution in [0, 0.1) is 5.82 Å². The molecule has 0 amide bonds. The van der Waals surface area contributed by atoms with Gasteiger partial charge in [0.2, 0.25) is 0 Å². The summed E-state index contributed by atoms with van der Waals surface area (Å²) in [5.41, 5.74) is 1.78. The lowest BCUT2D eigenvalue weighted by molar-refractivity contribution is 0.516. The first-order valence-electron chi connectivity index (χ1n) is 6.57. The highest BCUT2D eigenvalue weighted by Gasteiger charge is 2.24. The molecule has 1 aliphatic heterocycles. The van der Waals surface area contributed by atoms with Crippen LogP contribution < -0.4 is 5.32 Å². The van der Waals surface area contributed by atoms with Crippen molar-refractivity contribution in [2.75, 3.05) is 6.54 Å². The lowest BCUT2D eigenvalue weighted by Gasteiger charge is -2.17. The highest BCUT2D eigenvalue weighted by molar-refractivity contribution is 5.76. The fraction of sp³-hybridized carbons (Fsp3) is 0.500. The van der Waals surface area contributed by atoms with Crippen LogP contribution in [0.15, 0.2) is 18.2 Å². The molecule has 4 heteroatoms. The van der Waals surface area contributed by atoms with Crippen LogP contribution in [-0.4, -0.2) is 16.1 Å². The van der Waals surface area contributed by atoms with Gasteiger partial charge in [0.15, 0.2) is 0 Å². The fourth-order valence-electron chi connectivity index (χ4n) is 2.78. The molecule has 3 rings (SSSR count). The van der Waals surface area contributed by atoms with Crippen molar-refractivity contribution in [3.05, 3.63) is 29.8 Å². The second-order valence-electron chi connectivity index (χ2n) is 5.22. The number of hydrogen-bond acceptors (Lipinski definition) is 2. The van der Waals surface area contributed by atoms with Gasteiger partial charge in [-0.2, -0.15) is 0 Å². The van der Waals surface area contributed by atoms with E-state index in [4.69, 9.17) is 4.98 Å². The molecule has 1 atom stereocenters. The third-order valence-corrected chi connectivity index (χ3v) is 3.57. The molecule has 0 radical (unpaired) electrons. The Labute approximate surface area is 106 Å². The van der Waals surface area contributed by atoms with E-state index < -0.39 is 0 Å². The van der Waals surface area contributed by atoms with Gasteiger partial charge in [-0.05, 0) is 51.4 Å². The summed E-state index contributed by atoms with van der Waals surface area (Å²) >= 11 is 0. The molecular formula is C14H18FN3. The number of fused-ring (bicyclic) bond motifs is 1. The van der Waals surface area contributed by atoms with Crippen LogP contribution >= 0.6 is 0 Å². The minimum atomic E-state index is -0.199. The Balaban J connectivity index is 2.20. The van der Waals surface area contributed by atoms with Gasteiger partial charge in [0, 0.05) is 6.04 Å². The van der Waals surface area contributed by atoms with Crippen LogP contribution in [0.3, 0.4) is 0 Å². The lowest BCUT2D eigenvalue weighted by Crippen LogP contribution is -2.19. The largest absolute Gasteiger partial charge is 0.324 e. The predicted octanol–water partition coefficient (Wildman–Crippen LogP) is 3.18. The van der Waals surface area contributed by atoms with Crippen LogP contribution in [0.1, 0.15) is 44.6 Å². The molecule has 2 aromatic rings. The monoisotopic (exact) mass is 247 g/mol. The zero-order valence-corrected chi connectivity index (χ0v) is 10.8. The van der Waals surface area contributed by atoms with Crippen LogP contribution in [-0.2, 0) is 0 Å². The quantitative estimate of drug-likeness (QED) is 0.883. The zero-order chi connectivity index (χ0) is 12.7. The van der Waals surface area contributed by atoms with E-state index in [1.54, 1.807) is 12.1 Å². The third kappa shape index (κ3) is 1.81. The van der Waals surface area contributed by atoms with Gasteiger partial charge in [-0.15, -0.1) is 0 Å². The van der Waals surface area contributed by atoms with Crippen molar-refractivity contribution in [2.45, 2.75) is 38.8 Å². The van der Waals surface area contributed by atoms with E-state index in [9.17, 15) is 4.39 Å². The SMILES string of the molecule is CC(C)n1c(C2CCCN2)nc2ccc(F)cc21. The molecular weight excluding hydrogens is 229 g/mol. The Bertz CT molecular complexity index is 568. The summed E-state index contributed by atoms with van der Waals surface area (Å²) in [5, 5.41) is 3.47. The molecule has 0 bridgehead atoms. The maximum atomic E-state index is 13.4. The summed E-state index contributed by atoms with van der Waals surface area (Å²) in [6.45, 7) is 5.27. The van der Waals surface area contributed by atoms with Crippen molar-refractivity contribution in [1.29, 1.82) is 0 Å². The predicted molar refractivity (Wildman–Crippen MR) is 70.1 cm³/mol. The van der Waals surface area contributed by atoms with Gasteiger partial charge in [0.05, 0.1) is 17.1 Å². The Morgan fingerprint density at radius 2 is 2.28 bits per heavy atom. The Morgan fingerprint density at radius 3 is 2.94 bits per heavy atom. The third-order valence-electron chi connectivity index (χ3n) is 3.57. The number of halogens is 1. The van der Waals surface area contributed by atoms with Crippen LogP contribution in [0.25, 0.3) is 11.0 Å². The topological polar surface area (TPSA) is 29.9 Å². The van der Waals surface area contributed by atoms with Crippen molar-refractivity contribution >= 4 is 11.0 Å². The lowest BCUT2D eigenvalue weighted by atomic mass is 10.2. The Morgan fingerprint density at radius 1 is 1.44 bits per heavy atom. The highest BCUT2D eigenvalue weighted by atomic mass is 19.1. The van der Waals surface area contributed by atoms with Crippen LogP contribution in [0.5, 0.6) is 0 Å².